The van der Waals surface area contributed by atoms with Crippen molar-refractivity contribution in [3.8, 4) is 5.88 Å². The lowest BCUT2D eigenvalue weighted by Crippen LogP contribution is -2.14. The Morgan fingerprint density at radius 2 is 2.39 bits per heavy atom. The number of oxime groups is 1. The summed E-state index contributed by atoms with van der Waals surface area (Å²) in [5, 5.41) is 14.5. The summed E-state index contributed by atoms with van der Waals surface area (Å²) in [6.45, 7) is 4.62. The molecule has 1 rings (SSSR count). The molecule has 1 aromatic heterocycles. The lowest BCUT2D eigenvalue weighted by atomic mass is 10.3. The molecule has 0 radical (unpaired) electrons. The molecule has 0 bridgehead atoms. The van der Waals surface area contributed by atoms with Crippen LogP contribution in [0.15, 0.2) is 23.5 Å². The molecule has 18 heavy (non-hydrogen) atoms. The number of hydrogen-bond donors (Lipinski definition) is 3. The van der Waals surface area contributed by atoms with Gasteiger partial charge in [0.1, 0.15) is 5.84 Å². The highest BCUT2D eigenvalue weighted by molar-refractivity contribution is 5.79. The molecular weight excluding hydrogens is 232 g/mol. The second-order valence-electron chi connectivity index (χ2n) is 4.14. The van der Waals surface area contributed by atoms with E-state index in [0.717, 1.165) is 12.1 Å². The summed E-state index contributed by atoms with van der Waals surface area (Å²) in [5.74, 6) is 0.831. The topological polar surface area (TPSA) is 92.8 Å². The van der Waals surface area contributed by atoms with Crippen molar-refractivity contribution in [2.75, 3.05) is 11.9 Å². The minimum absolute atomic E-state index is 0.0811. The maximum absolute atomic E-state index is 8.41. The molecular formula is C12H20N4O2. The van der Waals surface area contributed by atoms with E-state index in [9.17, 15) is 0 Å². The Labute approximate surface area is 107 Å². The molecule has 0 saturated carbocycles. The Hall–Kier alpha value is -1.98. The van der Waals surface area contributed by atoms with E-state index >= 15 is 0 Å². The third-order valence-corrected chi connectivity index (χ3v) is 2.17. The van der Waals surface area contributed by atoms with Crippen molar-refractivity contribution in [3.05, 3.63) is 18.3 Å². The summed E-state index contributed by atoms with van der Waals surface area (Å²) < 4.78 is 5.58. The molecule has 6 nitrogen and oxygen atoms in total. The van der Waals surface area contributed by atoms with Crippen LogP contribution >= 0.6 is 0 Å². The molecule has 0 amide bonds. The molecule has 0 aliphatic rings. The molecule has 0 aromatic carbocycles. The highest BCUT2D eigenvalue weighted by Crippen LogP contribution is 2.21. The molecule has 4 N–H and O–H groups in total. The predicted molar refractivity (Wildman–Crippen MR) is 71.1 cm³/mol. The van der Waals surface area contributed by atoms with Crippen molar-refractivity contribution in [2.24, 2.45) is 10.9 Å². The van der Waals surface area contributed by atoms with E-state index in [1.165, 1.54) is 0 Å². The molecule has 0 saturated heterocycles. The van der Waals surface area contributed by atoms with E-state index in [1.807, 2.05) is 26.0 Å². The Bertz CT molecular complexity index is 393. The Balaban J connectivity index is 2.46. The lowest BCUT2D eigenvalue weighted by Gasteiger charge is -2.13. The Morgan fingerprint density at radius 3 is 3.06 bits per heavy atom. The van der Waals surface area contributed by atoms with Gasteiger partial charge in [0, 0.05) is 19.2 Å². The van der Waals surface area contributed by atoms with Crippen LogP contribution in [0.2, 0.25) is 0 Å². The number of amidine groups is 1. The smallest absolute Gasteiger partial charge is 0.237 e. The van der Waals surface area contributed by atoms with E-state index in [-0.39, 0.29) is 11.9 Å². The zero-order valence-electron chi connectivity index (χ0n) is 10.8. The molecule has 6 heteroatoms. The summed E-state index contributed by atoms with van der Waals surface area (Å²) in [6, 6.07) is 3.76. The third-order valence-electron chi connectivity index (χ3n) is 2.17. The van der Waals surface area contributed by atoms with Crippen LogP contribution in [0.4, 0.5) is 5.69 Å². The predicted octanol–water partition coefficient (Wildman–Crippen LogP) is 1.81. The molecule has 0 spiro atoms. The van der Waals surface area contributed by atoms with Gasteiger partial charge in [-0.25, -0.2) is 4.98 Å². The van der Waals surface area contributed by atoms with E-state index < -0.39 is 0 Å². The van der Waals surface area contributed by atoms with E-state index in [1.54, 1.807) is 6.20 Å². The fourth-order valence-corrected chi connectivity index (χ4v) is 1.39. The van der Waals surface area contributed by atoms with E-state index in [2.05, 4.69) is 15.5 Å². The van der Waals surface area contributed by atoms with Crippen LogP contribution in [-0.4, -0.2) is 28.7 Å². The van der Waals surface area contributed by atoms with Gasteiger partial charge >= 0.3 is 0 Å². The standard InChI is InChI=1S/C12H20N4O2/c1-9(2)18-12-10(5-3-8-15-12)14-7-4-6-11(13)16-17/h3,5,8-9,14,17H,4,6-7H2,1-2H3,(H2,13,16). The number of pyridine rings is 1. The zero-order valence-corrected chi connectivity index (χ0v) is 10.8. The van der Waals surface area contributed by atoms with Crippen LogP contribution in [0, 0.1) is 0 Å². The highest BCUT2D eigenvalue weighted by Gasteiger charge is 2.05. The van der Waals surface area contributed by atoms with Gasteiger partial charge in [-0.2, -0.15) is 0 Å². The fraction of sp³-hybridized carbons (Fsp3) is 0.500. The molecule has 1 aromatic rings. The molecule has 0 aliphatic carbocycles. The summed E-state index contributed by atoms with van der Waals surface area (Å²) in [6.07, 6.45) is 3.09. The molecule has 0 fully saturated rings. The minimum Gasteiger partial charge on any atom is -0.473 e. The van der Waals surface area contributed by atoms with Crippen LogP contribution in [-0.2, 0) is 0 Å². The number of nitrogens with zero attached hydrogens (tertiary/aromatic N) is 2. The summed E-state index contributed by atoms with van der Waals surface area (Å²) in [4.78, 5) is 4.18. The average molecular weight is 252 g/mol. The van der Waals surface area contributed by atoms with Crippen molar-refractivity contribution in [1.82, 2.24) is 4.98 Å². The van der Waals surface area contributed by atoms with Gasteiger partial charge in [-0.15, -0.1) is 0 Å². The first-order valence-electron chi connectivity index (χ1n) is 5.95. The highest BCUT2D eigenvalue weighted by atomic mass is 16.5. The monoisotopic (exact) mass is 252 g/mol. The molecule has 0 aliphatic heterocycles. The van der Waals surface area contributed by atoms with Crippen molar-refractivity contribution in [1.29, 1.82) is 0 Å². The number of hydrogen-bond acceptors (Lipinski definition) is 5. The summed E-state index contributed by atoms with van der Waals surface area (Å²) in [7, 11) is 0. The quantitative estimate of drug-likeness (QED) is 0.226. The van der Waals surface area contributed by atoms with Crippen LogP contribution in [0.5, 0.6) is 5.88 Å². The number of rotatable bonds is 7. The van der Waals surface area contributed by atoms with Crippen molar-refractivity contribution >= 4 is 11.5 Å². The van der Waals surface area contributed by atoms with Crippen molar-refractivity contribution in [2.45, 2.75) is 32.8 Å². The number of nitrogens with one attached hydrogen (secondary N) is 1. The first-order valence-corrected chi connectivity index (χ1v) is 5.95. The van der Waals surface area contributed by atoms with Crippen molar-refractivity contribution < 1.29 is 9.94 Å². The van der Waals surface area contributed by atoms with Gasteiger partial charge in [0.2, 0.25) is 5.88 Å². The second-order valence-corrected chi connectivity index (χ2v) is 4.14. The van der Waals surface area contributed by atoms with Gasteiger partial charge in [0.05, 0.1) is 11.8 Å². The van der Waals surface area contributed by atoms with Crippen LogP contribution in [0.25, 0.3) is 0 Å². The summed E-state index contributed by atoms with van der Waals surface area (Å²) in [5.41, 5.74) is 6.24. The van der Waals surface area contributed by atoms with Gasteiger partial charge in [0.15, 0.2) is 0 Å². The largest absolute Gasteiger partial charge is 0.473 e. The van der Waals surface area contributed by atoms with Crippen LogP contribution < -0.4 is 15.8 Å². The fourth-order valence-electron chi connectivity index (χ4n) is 1.39. The SMILES string of the molecule is CC(C)Oc1ncccc1NCCCC(N)=NO. The number of ether oxygens (including phenoxy) is 1. The van der Waals surface area contributed by atoms with Crippen LogP contribution in [0.3, 0.4) is 0 Å². The maximum atomic E-state index is 8.41. The third kappa shape index (κ3) is 4.90. The Morgan fingerprint density at radius 1 is 1.61 bits per heavy atom. The van der Waals surface area contributed by atoms with Gasteiger partial charge in [-0.3, -0.25) is 0 Å². The molecule has 0 atom stereocenters. The normalized spacial score (nSPS) is 11.6. The van der Waals surface area contributed by atoms with Crippen molar-refractivity contribution in [3.63, 3.8) is 0 Å². The number of anilines is 1. The van der Waals surface area contributed by atoms with Gasteiger partial charge in [-0.05, 0) is 32.4 Å². The lowest BCUT2D eigenvalue weighted by molar-refractivity contribution is 0.234. The maximum Gasteiger partial charge on any atom is 0.237 e. The number of aromatic nitrogens is 1. The number of nitrogens with two attached hydrogens (primary N) is 1. The first kappa shape index (κ1) is 14.1. The zero-order chi connectivity index (χ0) is 13.4. The Kier molecular flexibility index (Phi) is 5.76. The summed E-state index contributed by atoms with van der Waals surface area (Å²) >= 11 is 0. The van der Waals surface area contributed by atoms with Crippen LogP contribution in [0.1, 0.15) is 26.7 Å². The second kappa shape index (κ2) is 7.37. The molecule has 100 valence electrons. The van der Waals surface area contributed by atoms with E-state index in [0.29, 0.717) is 18.8 Å². The van der Waals surface area contributed by atoms with E-state index in [4.69, 9.17) is 15.7 Å². The minimum atomic E-state index is 0.0811. The average Bonchev–Trinajstić information content (AvgIpc) is 2.35. The van der Waals surface area contributed by atoms with Gasteiger partial charge in [0.25, 0.3) is 0 Å². The molecule has 0 unspecified atom stereocenters. The first-order chi connectivity index (χ1) is 8.63. The van der Waals surface area contributed by atoms with Gasteiger partial charge < -0.3 is 21.0 Å². The van der Waals surface area contributed by atoms with Gasteiger partial charge in [-0.1, -0.05) is 5.16 Å². The molecule has 1 heterocycles.